The largest absolute Gasteiger partial charge is 0.496 e. The highest BCUT2D eigenvalue weighted by molar-refractivity contribution is 5.79. The van der Waals surface area contributed by atoms with Gasteiger partial charge in [0.05, 0.1) is 24.6 Å². The number of ether oxygens (including phenoxy) is 3. The van der Waals surface area contributed by atoms with E-state index in [0.29, 0.717) is 44.7 Å². The van der Waals surface area contributed by atoms with Gasteiger partial charge in [-0.25, -0.2) is 0 Å². The lowest BCUT2D eigenvalue weighted by Gasteiger charge is -2.38. The van der Waals surface area contributed by atoms with Crippen LogP contribution in [0.1, 0.15) is 58.2 Å². The number of carbonyl (C=O) groups excluding carboxylic acids is 1. The molecule has 3 heterocycles. The van der Waals surface area contributed by atoms with Crippen LogP contribution in [0.2, 0.25) is 0 Å². The number of allylic oxidation sites excluding steroid dienone is 3. The second-order valence-electron chi connectivity index (χ2n) is 9.81. The second-order valence-corrected chi connectivity index (χ2v) is 9.81. The number of carbonyl (C=O) groups is 1. The van der Waals surface area contributed by atoms with Crippen molar-refractivity contribution in [2.45, 2.75) is 64.6 Å². The lowest BCUT2D eigenvalue weighted by atomic mass is 9.89. The normalized spacial score (nSPS) is 22.0. The zero-order chi connectivity index (χ0) is 24.1. The van der Waals surface area contributed by atoms with E-state index in [4.69, 9.17) is 18.7 Å². The number of likely N-dealkylation sites (tertiary alicyclic amines) is 1. The maximum Gasteiger partial charge on any atom is 0.324 e. The molecule has 1 amide bonds. The minimum absolute atomic E-state index is 0.183. The zero-order valence-corrected chi connectivity index (χ0v) is 20.9. The van der Waals surface area contributed by atoms with Gasteiger partial charge in [-0.3, -0.25) is 4.79 Å². The van der Waals surface area contributed by atoms with Crippen molar-refractivity contribution in [2.75, 3.05) is 51.4 Å². The van der Waals surface area contributed by atoms with E-state index in [2.05, 4.69) is 35.8 Å². The Bertz CT molecular complexity index is 882. The Balaban J connectivity index is 1.12. The Labute approximate surface area is 202 Å². The molecule has 188 valence electrons. The first-order valence-electron chi connectivity index (χ1n) is 12.5. The number of aromatic nitrogens is 2. The molecule has 4 rings (SSSR count). The van der Waals surface area contributed by atoms with Gasteiger partial charge in [-0.1, -0.05) is 37.6 Å². The Morgan fingerprint density at radius 2 is 1.94 bits per heavy atom. The van der Waals surface area contributed by atoms with Crippen LogP contribution >= 0.6 is 0 Å². The highest BCUT2D eigenvalue weighted by atomic mass is 16.5. The number of nitrogens with zero attached hydrogens (tertiary/aromatic N) is 4. The van der Waals surface area contributed by atoms with Crippen LogP contribution in [0.4, 0.5) is 6.01 Å². The molecule has 34 heavy (non-hydrogen) atoms. The second kappa shape index (κ2) is 11.4. The molecule has 0 bridgehead atoms. The molecule has 9 nitrogen and oxygen atoms in total. The smallest absolute Gasteiger partial charge is 0.324 e. The van der Waals surface area contributed by atoms with E-state index < -0.39 is 0 Å². The van der Waals surface area contributed by atoms with Gasteiger partial charge in [0.2, 0.25) is 5.91 Å². The highest BCUT2D eigenvalue weighted by Crippen LogP contribution is 2.29. The summed E-state index contributed by atoms with van der Waals surface area (Å²) in [5.74, 6) is 2.46. The first-order valence-corrected chi connectivity index (χ1v) is 12.5. The minimum atomic E-state index is 0.183. The Morgan fingerprint density at radius 3 is 2.59 bits per heavy atom. The molecule has 1 aliphatic carbocycles. The standard InChI is InChI=1S/C25H38N4O5/c1-17(2)24-26-25(34-27-24)28-9-7-20(8-10-28)32-11-12-33-21-6-5-19(18(3)13-21)14-23(30)29-15-22(16-29)31-4/h5-6,17-18,20,22H,7-16H2,1-4H3. The fraction of sp³-hybridized carbons (Fsp3) is 0.720. The summed E-state index contributed by atoms with van der Waals surface area (Å²) in [7, 11) is 1.69. The number of rotatable bonds is 10. The molecule has 2 aliphatic heterocycles. The Morgan fingerprint density at radius 1 is 1.18 bits per heavy atom. The van der Waals surface area contributed by atoms with E-state index in [1.165, 1.54) is 5.57 Å². The number of amides is 1. The minimum Gasteiger partial charge on any atom is -0.496 e. The van der Waals surface area contributed by atoms with Gasteiger partial charge in [-0.2, -0.15) is 4.98 Å². The van der Waals surface area contributed by atoms with E-state index in [1.807, 2.05) is 17.1 Å². The number of hydrogen-bond acceptors (Lipinski definition) is 8. The molecule has 2 saturated heterocycles. The number of methoxy groups -OCH3 is 1. The summed E-state index contributed by atoms with van der Waals surface area (Å²) in [6.07, 6.45) is 7.64. The summed E-state index contributed by atoms with van der Waals surface area (Å²) in [6.45, 7) is 10.5. The molecule has 1 aromatic heterocycles. The molecule has 0 radical (unpaired) electrons. The average molecular weight is 475 g/mol. The van der Waals surface area contributed by atoms with Gasteiger partial charge in [0.15, 0.2) is 5.82 Å². The highest BCUT2D eigenvalue weighted by Gasteiger charge is 2.31. The fourth-order valence-electron chi connectivity index (χ4n) is 4.47. The summed E-state index contributed by atoms with van der Waals surface area (Å²) in [6, 6.07) is 0.613. The van der Waals surface area contributed by atoms with Crippen molar-refractivity contribution in [1.82, 2.24) is 15.0 Å². The summed E-state index contributed by atoms with van der Waals surface area (Å²) in [5, 5.41) is 4.05. The molecule has 0 saturated carbocycles. The third-order valence-electron chi connectivity index (χ3n) is 6.90. The van der Waals surface area contributed by atoms with E-state index in [1.54, 1.807) is 7.11 Å². The fourth-order valence-corrected chi connectivity index (χ4v) is 4.47. The predicted octanol–water partition coefficient (Wildman–Crippen LogP) is 3.29. The van der Waals surface area contributed by atoms with Crippen molar-refractivity contribution >= 4 is 11.9 Å². The van der Waals surface area contributed by atoms with Crippen LogP contribution in [0.25, 0.3) is 0 Å². The molecule has 9 heteroatoms. The van der Waals surface area contributed by atoms with Crippen LogP contribution in [-0.4, -0.2) is 79.7 Å². The molecule has 1 atom stereocenters. The van der Waals surface area contributed by atoms with Gasteiger partial charge in [-0.05, 0) is 24.8 Å². The maximum atomic E-state index is 12.4. The van der Waals surface area contributed by atoms with E-state index in [0.717, 1.165) is 43.9 Å². The summed E-state index contributed by atoms with van der Waals surface area (Å²) < 4.78 is 22.7. The number of hydrogen-bond donors (Lipinski definition) is 0. The first kappa shape index (κ1) is 24.7. The molecule has 1 aromatic rings. The van der Waals surface area contributed by atoms with Crippen LogP contribution in [0.5, 0.6) is 0 Å². The monoisotopic (exact) mass is 474 g/mol. The third kappa shape index (κ3) is 6.18. The van der Waals surface area contributed by atoms with Gasteiger partial charge in [0.1, 0.15) is 6.61 Å². The molecule has 0 N–H and O–H groups in total. The van der Waals surface area contributed by atoms with Gasteiger partial charge >= 0.3 is 6.01 Å². The molecule has 0 spiro atoms. The van der Waals surface area contributed by atoms with Crippen LogP contribution in [0.15, 0.2) is 28.0 Å². The van der Waals surface area contributed by atoms with Gasteiger partial charge in [-0.15, -0.1) is 0 Å². The van der Waals surface area contributed by atoms with E-state index in [9.17, 15) is 4.79 Å². The topological polar surface area (TPSA) is 90.2 Å². The van der Waals surface area contributed by atoms with E-state index >= 15 is 0 Å². The van der Waals surface area contributed by atoms with Crippen LogP contribution in [0.3, 0.4) is 0 Å². The van der Waals surface area contributed by atoms with Crippen LogP contribution in [-0.2, 0) is 19.0 Å². The quantitative estimate of drug-likeness (QED) is 0.477. The SMILES string of the molecule is COC1CN(C(=O)CC2=CC=C(OCCOC3CCN(c4nc(C(C)C)no4)CC3)CC2C)C1. The molecule has 3 aliphatic rings. The van der Waals surface area contributed by atoms with Crippen molar-refractivity contribution in [3.8, 4) is 0 Å². The predicted molar refractivity (Wildman–Crippen MR) is 127 cm³/mol. The molecule has 1 unspecified atom stereocenters. The van der Waals surface area contributed by atoms with Crippen LogP contribution in [0, 0.1) is 5.92 Å². The summed E-state index contributed by atoms with van der Waals surface area (Å²) >= 11 is 0. The van der Waals surface area contributed by atoms with Crippen molar-refractivity contribution in [2.24, 2.45) is 5.92 Å². The van der Waals surface area contributed by atoms with E-state index in [-0.39, 0.29) is 24.0 Å². The molecule has 2 fully saturated rings. The van der Waals surface area contributed by atoms with Crippen molar-refractivity contribution in [1.29, 1.82) is 0 Å². The van der Waals surface area contributed by atoms with Crippen LogP contribution < -0.4 is 4.90 Å². The molecule has 0 aromatic carbocycles. The number of anilines is 1. The summed E-state index contributed by atoms with van der Waals surface area (Å²) in [4.78, 5) is 20.9. The summed E-state index contributed by atoms with van der Waals surface area (Å²) in [5.41, 5.74) is 1.17. The maximum absolute atomic E-state index is 12.4. The third-order valence-corrected chi connectivity index (χ3v) is 6.90. The average Bonchev–Trinajstić information content (AvgIpc) is 3.29. The molecular weight excluding hydrogens is 436 g/mol. The van der Waals surface area contributed by atoms with Crippen molar-refractivity contribution in [3.05, 3.63) is 29.3 Å². The van der Waals surface area contributed by atoms with Crippen molar-refractivity contribution < 1.29 is 23.5 Å². The lowest BCUT2D eigenvalue weighted by Crippen LogP contribution is -2.54. The lowest BCUT2D eigenvalue weighted by molar-refractivity contribution is -0.142. The van der Waals surface area contributed by atoms with Gasteiger partial charge < -0.3 is 28.5 Å². The van der Waals surface area contributed by atoms with Gasteiger partial charge in [0, 0.05) is 52.0 Å². The Kier molecular flexibility index (Phi) is 8.26. The number of piperidine rings is 1. The van der Waals surface area contributed by atoms with Crippen molar-refractivity contribution in [3.63, 3.8) is 0 Å². The first-order chi connectivity index (χ1) is 16.4. The molecular formula is C25H38N4O5. The van der Waals surface area contributed by atoms with Gasteiger partial charge in [0.25, 0.3) is 0 Å². The Hall–Kier alpha value is -2.39. The zero-order valence-electron chi connectivity index (χ0n) is 20.9.